The maximum absolute atomic E-state index is 13.0. The van der Waals surface area contributed by atoms with Crippen LogP contribution in [-0.4, -0.2) is 50.5 Å². The molecule has 1 heterocycles. The number of carbonyl (C=O) groups is 1. The monoisotopic (exact) mass is 386 g/mol. The van der Waals surface area contributed by atoms with Crippen molar-refractivity contribution in [2.24, 2.45) is 5.92 Å². The number of halogens is 1. The average Bonchev–Trinajstić information content (AvgIpc) is 3.36. The summed E-state index contributed by atoms with van der Waals surface area (Å²) in [5, 5.41) is 2.96. The molecule has 0 radical (unpaired) electrons. The number of hydrogen-bond acceptors (Lipinski definition) is 4. The number of nitrogens with zero attached hydrogens (tertiary/aromatic N) is 1. The molecule has 1 aliphatic carbocycles. The van der Waals surface area contributed by atoms with E-state index in [2.05, 4.69) is 5.32 Å². The van der Waals surface area contributed by atoms with E-state index in [-0.39, 0.29) is 41.1 Å². The molecule has 2 fully saturated rings. The fourth-order valence-corrected chi connectivity index (χ4v) is 5.06. The van der Waals surface area contributed by atoms with Crippen LogP contribution in [0.3, 0.4) is 0 Å². The van der Waals surface area contributed by atoms with Crippen LogP contribution >= 0.6 is 11.6 Å². The van der Waals surface area contributed by atoms with E-state index in [0.717, 1.165) is 12.8 Å². The van der Waals surface area contributed by atoms with Crippen LogP contribution in [0.25, 0.3) is 0 Å². The van der Waals surface area contributed by atoms with Crippen LogP contribution in [0.2, 0.25) is 5.02 Å². The van der Waals surface area contributed by atoms with Crippen LogP contribution in [0, 0.1) is 5.92 Å². The Kier molecular flexibility index (Phi) is 5.39. The van der Waals surface area contributed by atoms with E-state index in [9.17, 15) is 13.2 Å². The van der Waals surface area contributed by atoms with Crippen LogP contribution in [-0.2, 0) is 14.8 Å². The Hall–Kier alpha value is -1.15. The first kappa shape index (κ1) is 18.6. The van der Waals surface area contributed by atoms with Gasteiger partial charge in [-0.05, 0) is 50.8 Å². The highest BCUT2D eigenvalue weighted by Crippen LogP contribution is 2.29. The molecule has 0 unspecified atom stereocenters. The van der Waals surface area contributed by atoms with Crippen molar-refractivity contribution in [1.29, 1.82) is 0 Å². The fourth-order valence-electron chi connectivity index (χ4n) is 2.97. The quantitative estimate of drug-likeness (QED) is 0.842. The summed E-state index contributed by atoms with van der Waals surface area (Å²) in [4.78, 5) is 12.2. The summed E-state index contributed by atoms with van der Waals surface area (Å²) in [5.41, 5.74) is 0.304. The van der Waals surface area contributed by atoms with Crippen molar-refractivity contribution in [3.05, 3.63) is 28.8 Å². The average molecular weight is 387 g/mol. The largest absolute Gasteiger partial charge is 0.373 e. The Morgan fingerprint density at radius 1 is 1.28 bits per heavy atom. The summed E-state index contributed by atoms with van der Waals surface area (Å²) in [6.45, 7) is 4.83. The van der Waals surface area contributed by atoms with Gasteiger partial charge >= 0.3 is 0 Å². The molecule has 2 aliphatic rings. The topological polar surface area (TPSA) is 75.7 Å². The lowest BCUT2D eigenvalue weighted by atomic mass is 10.2. The first-order valence-electron chi connectivity index (χ1n) is 8.50. The highest BCUT2D eigenvalue weighted by molar-refractivity contribution is 7.89. The third kappa shape index (κ3) is 4.34. The Morgan fingerprint density at radius 3 is 2.52 bits per heavy atom. The van der Waals surface area contributed by atoms with Gasteiger partial charge in [0.25, 0.3) is 5.91 Å². The molecule has 0 spiro atoms. The zero-order valence-corrected chi connectivity index (χ0v) is 15.9. The van der Waals surface area contributed by atoms with E-state index in [1.165, 1.54) is 16.4 Å². The summed E-state index contributed by atoms with van der Waals surface area (Å²) >= 11 is 6.15. The van der Waals surface area contributed by atoms with Crippen LogP contribution in [0.15, 0.2) is 23.1 Å². The van der Waals surface area contributed by atoms with E-state index in [0.29, 0.717) is 18.0 Å². The third-order valence-electron chi connectivity index (χ3n) is 4.45. The van der Waals surface area contributed by atoms with Gasteiger partial charge in [0.1, 0.15) is 4.90 Å². The van der Waals surface area contributed by atoms with Crippen molar-refractivity contribution in [2.75, 3.05) is 19.6 Å². The number of sulfonamides is 1. The molecule has 1 N–H and O–H groups in total. The van der Waals surface area contributed by atoms with Gasteiger partial charge < -0.3 is 10.1 Å². The van der Waals surface area contributed by atoms with E-state index in [1.54, 1.807) is 6.07 Å². The van der Waals surface area contributed by atoms with Crippen LogP contribution < -0.4 is 5.32 Å². The number of nitrogens with one attached hydrogen (secondary N) is 1. The Morgan fingerprint density at radius 2 is 1.92 bits per heavy atom. The standard InChI is InChI=1S/C17H23ClN2O4S/c1-11-9-20(10-12(2)24-11)25(22,23)16-7-14(5-6-15(16)18)17(21)19-8-13-3-4-13/h5-7,11-13H,3-4,8-10H2,1-2H3,(H,19,21)/t11-,12-/m0/s1. The van der Waals surface area contributed by atoms with Gasteiger partial charge in [-0.2, -0.15) is 4.31 Å². The summed E-state index contributed by atoms with van der Waals surface area (Å²) in [6.07, 6.45) is 1.88. The molecular formula is C17H23ClN2O4S. The van der Waals surface area contributed by atoms with E-state index < -0.39 is 10.0 Å². The number of amides is 1. The first-order chi connectivity index (χ1) is 11.8. The molecule has 6 nitrogen and oxygen atoms in total. The molecule has 0 aromatic heterocycles. The maximum Gasteiger partial charge on any atom is 0.251 e. The third-order valence-corrected chi connectivity index (χ3v) is 6.76. The van der Waals surface area contributed by atoms with Crippen molar-refractivity contribution in [3.63, 3.8) is 0 Å². The van der Waals surface area contributed by atoms with Gasteiger partial charge in [0, 0.05) is 25.2 Å². The fraction of sp³-hybridized carbons (Fsp3) is 0.588. The second-order valence-electron chi connectivity index (χ2n) is 6.88. The van der Waals surface area contributed by atoms with Gasteiger partial charge in [-0.25, -0.2) is 8.42 Å². The predicted molar refractivity (Wildman–Crippen MR) is 95.3 cm³/mol. The Labute approximate surface area is 153 Å². The second-order valence-corrected chi connectivity index (χ2v) is 9.19. The number of carbonyl (C=O) groups excluding carboxylic acids is 1. The minimum absolute atomic E-state index is 0.0328. The molecule has 138 valence electrons. The SMILES string of the molecule is C[C@H]1CN(S(=O)(=O)c2cc(C(=O)NCC3CC3)ccc2Cl)C[C@H](C)O1. The minimum Gasteiger partial charge on any atom is -0.373 e. The summed E-state index contributed by atoms with van der Waals surface area (Å²) in [5.74, 6) is 0.277. The highest BCUT2D eigenvalue weighted by Gasteiger charge is 2.34. The molecule has 1 saturated heterocycles. The molecule has 1 aliphatic heterocycles. The molecule has 8 heteroatoms. The number of morpholine rings is 1. The van der Waals surface area contributed by atoms with Crippen LogP contribution in [0.1, 0.15) is 37.0 Å². The van der Waals surface area contributed by atoms with E-state index in [1.807, 2.05) is 13.8 Å². The normalized spacial score (nSPS) is 24.9. The zero-order chi connectivity index (χ0) is 18.2. The van der Waals surface area contributed by atoms with Gasteiger partial charge in [0.05, 0.1) is 17.2 Å². The van der Waals surface area contributed by atoms with E-state index >= 15 is 0 Å². The van der Waals surface area contributed by atoms with Crippen molar-refractivity contribution in [2.45, 2.75) is 43.8 Å². The Balaban J connectivity index is 1.84. The number of hydrogen-bond donors (Lipinski definition) is 1. The lowest BCUT2D eigenvalue weighted by Gasteiger charge is -2.34. The van der Waals surface area contributed by atoms with Crippen molar-refractivity contribution in [3.8, 4) is 0 Å². The van der Waals surface area contributed by atoms with E-state index in [4.69, 9.17) is 16.3 Å². The number of ether oxygens (including phenoxy) is 1. The van der Waals surface area contributed by atoms with Crippen molar-refractivity contribution in [1.82, 2.24) is 9.62 Å². The van der Waals surface area contributed by atoms with Gasteiger partial charge in [-0.15, -0.1) is 0 Å². The lowest BCUT2D eigenvalue weighted by molar-refractivity contribution is -0.0440. The Bertz CT molecular complexity index is 754. The van der Waals surface area contributed by atoms with Gasteiger partial charge in [-0.1, -0.05) is 11.6 Å². The van der Waals surface area contributed by atoms with Gasteiger partial charge in [-0.3, -0.25) is 4.79 Å². The number of rotatable bonds is 5. The summed E-state index contributed by atoms with van der Waals surface area (Å²) in [7, 11) is -3.79. The highest BCUT2D eigenvalue weighted by atomic mass is 35.5. The molecule has 1 amide bonds. The first-order valence-corrected chi connectivity index (χ1v) is 10.3. The van der Waals surface area contributed by atoms with Gasteiger partial charge in [0.15, 0.2) is 0 Å². The van der Waals surface area contributed by atoms with Crippen LogP contribution in [0.4, 0.5) is 0 Å². The second kappa shape index (κ2) is 7.23. The van der Waals surface area contributed by atoms with Gasteiger partial charge in [0.2, 0.25) is 10.0 Å². The molecule has 3 rings (SSSR count). The summed E-state index contributed by atoms with van der Waals surface area (Å²) < 4.78 is 33.0. The maximum atomic E-state index is 13.0. The molecule has 0 bridgehead atoms. The molecule has 1 aromatic rings. The predicted octanol–water partition coefficient (Wildman–Crippen LogP) is 2.28. The van der Waals surface area contributed by atoms with Crippen LogP contribution in [0.5, 0.6) is 0 Å². The molecule has 1 saturated carbocycles. The summed E-state index contributed by atoms with van der Waals surface area (Å²) in [6, 6.07) is 4.38. The zero-order valence-electron chi connectivity index (χ0n) is 14.4. The molecule has 1 aromatic carbocycles. The van der Waals surface area contributed by atoms with Crippen molar-refractivity contribution < 1.29 is 17.9 Å². The minimum atomic E-state index is -3.79. The lowest BCUT2D eigenvalue weighted by Crippen LogP contribution is -2.48. The smallest absolute Gasteiger partial charge is 0.251 e. The molecule has 2 atom stereocenters. The molecule has 25 heavy (non-hydrogen) atoms. The molecular weight excluding hydrogens is 364 g/mol. The van der Waals surface area contributed by atoms with Crippen molar-refractivity contribution >= 4 is 27.5 Å². The number of benzene rings is 1.